The van der Waals surface area contributed by atoms with Crippen LogP contribution in [0.4, 0.5) is 0 Å². The Morgan fingerprint density at radius 1 is 1.11 bits per heavy atom. The van der Waals surface area contributed by atoms with E-state index in [1.165, 1.54) is 4.90 Å². The van der Waals surface area contributed by atoms with Crippen molar-refractivity contribution in [2.75, 3.05) is 20.7 Å². The number of carbonyl (C=O) groups excluding carboxylic acids is 2. The van der Waals surface area contributed by atoms with Gasteiger partial charge in [-0.25, -0.2) is 4.98 Å². The van der Waals surface area contributed by atoms with Crippen LogP contribution in [0, 0.1) is 0 Å². The molecule has 0 aliphatic carbocycles. The van der Waals surface area contributed by atoms with Gasteiger partial charge in [0.1, 0.15) is 5.75 Å². The van der Waals surface area contributed by atoms with Crippen molar-refractivity contribution in [3.8, 4) is 11.4 Å². The van der Waals surface area contributed by atoms with Crippen LogP contribution in [0.1, 0.15) is 15.9 Å². The SMILES string of the molecule is CN(C)C(=O)COc1ccccc1C(=O)NCc1ccccc1-n1ccnc1. The van der Waals surface area contributed by atoms with Gasteiger partial charge in [-0.1, -0.05) is 30.3 Å². The minimum absolute atomic E-state index is 0.124. The first kappa shape index (κ1) is 19.2. The van der Waals surface area contributed by atoms with Crippen molar-refractivity contribution in [3.05, 3.63) is 78.4 Å². The summed E-state index contributed by atoms with van der Waals surface area (Å²) < 4.78 is 7.45. The van der Waals surface area contributed by atoms with E-state index in [2.05, 4.69) is 10.3 Å². The van der Waals surface area contributed by atoms with Gasteiger partial charge in [0.25, 0.3) is 11.8 Å². The second-order valence-corrected chi connectivity index (χ2v) is 6.35. The minimum Gasteiger partial charge on any atom is -0.483 e. The molecule has 1 heterocycles. The number of carbonyl (C=O) groups is 2. The third-order valence-corrected chi connectivity index (χ3v) is 4.20. The van der Waals surface area contributed by atoms with Crippen molar-refractivity contribution in [1.29, 1.82) is 0 Å². The largest absolute Gasteiger partial charge is 0.483 e. The van der Waals surface area contributed by atoms with Crippen LogP contribution in [0.3, 0.4) is 0 Å². The van der Waals surface area contributed by atoms with Gasteiger partial charge in [-0.05, 0) is 23.8 Å². The molecule has 2 aromatic carbocycles. The molecule has 0 radical (unpaired) electrons. The first-order chi connectivity index (χ1) is 13.6. The highest BCUT2D eigenvalue weighted by Gasteiger charge is 2.14. The van der Waals surface area contributed by atoms with Gasteiger partial charge in [-0.15, -0.1) is 0 Å². The van der Waals surface area contributed by atoms with Crippen molar-refractivity contribution in [1.82, 2.24) is 19.8 Å². The lowest BCUT2D eigenvalue weighted by Crippen LogP contribution is -2.28. The Kier molecular flexibility index (Phi) is 6.06. The van der Waals surface area contributed by atoms with Crippen molar-refractivity contribution in [2.45, 2.75) is 6.54 Å². The molecule has 0 atom stereocenters. The fourth-order valence-corrected chi connectivity index (χ4v) is 2.63. The number of para-hydroxylation sites is 2. The molecule has 1 N–H and O–H groups in total. The average Bonchev–Trinajstić information content (AvgIpc) is 3.25. The second-order valence-electron chi connectivity index (χ2n) is 6.35. The van der Waals surface area contributed by atoms with E-state index in [0.717, 1.165) is 11.3 Å². The van der Waals surface area contributed by atoms with Crippen molar-refractivity contribution < 1.29 is 14.3 Å². The molecule has 3 rings (SSSR count). The first-order valence-corrected chi connectivity index (χ1v) is 8.82. The zero-order valence-corrected chi connectivity index (χ0v) is 15.8. The normalized spacial score (nSPS) is 10.4. The Hall–Kier alpha value is -3.61. The summed E-state index contributed by atoms with van der Waals surface area (Å²) in [7, 11) is 3.31. The summed E-state index contributed by atoms with van der Waals surface area (Å²) in [6.45, 7) is 0.221. The fourth-order valence-electron chi connectivity index (χ4n) is 2.63. The van der Waals surface area contributed by atoms with Gasteiger partial charge in [-0.3, -0.25) is 9.59 Å². The molecule has 2 amide bonds. The Bertz CT molecular complexity index is 952. The number of nitrogens with one attached hydrogen (secondary N) is 1. The number of imidazole rings is 1. The number of rotatable bonds is 7. The van der Waals surface area contributed by atoms with Crippen LogP contribution in [-0.4, -0.2) is 47.0 Å². The number of benzene rings is 2. The molecule has 0 bridgehead atoms. The van der Waals surface area contributed by atoms with Gasteiger partial charge in [0.15, 0.2) is 6.61 Å². The van der Waals surface area contributed by atoms with Crippen LogP contribution in [0.25, 0.3) is 5.69 Å². The predicted octanol–water partition coefficient (Wildman–Crippen LogP) is 2.27. The van der Waals surface area contributed by atoms with E-state index in [4.69, 9.17) is 4.74 Å². The smallest absolute Gasteiger partial charge is 0.259 e. The fraction of sp³-hybridized carbons (Fsp3) is 0.190. The van der Waals surface area contributed by atoms with Crippen LogP contribution in [0.15, 0.2) is 67.3 Å². The molecule has 0 saturated heterocycles. The van der Waals surface area contributed by atoms with Crippen molar-refractivity contribution in [2.24, 2.45) is 0 Å². The quantitative estimate of drug-likeness (QED) is 0.684. The number of hydrogen-bond acceptors (Lipinski definition) is 4. The monoisotopic (exact) mass is 378 g/mol. The third kappa shape index (κ3) is 4.56. The summed E-state index contributed by atoms with van der Waals surface area (Å²) in [4.78, 5) is 30.0. The first-order valence-electron chi connectivity index (χ1n) is 8.82. The van der Waals surface area contributed by atoms with Crippen LogP contribution >= 0.6 is 0 Å². The highest BCUT2D eigenvalue weighted by Crippen LogP contribution is 2.19. The van der Waals surface area contributed by atoms with Crippen molar-refractivity contribution in [3.63, 3.8) is 0 Å². The molecule has 3 aromatic rings. The van der Waals surface area contributed by atoms with Crippen molar-refractivity contribution >= 4 is 11.8 Å². The number of nitrogens with zero attached hydrogens (tertiary/aromatic N) is 3. The van der Waals surface area contributed by atoms with E-state index in [1.807, 2.05) is 35.0 Å². The standard InChI is InChI=1S/C21H22N4O3/c1-24(2)20(26)14-28-19-10-6-4-8-17(19)21(27)23-13-16-7-3-5-9-18(16)25-12-11-22-15-25/h3-12,15H,13-14H2,1-2H3,(H,23,27). The van der Waals surface area contributed by atoms with Gasteiger partial charge in [-0.2, -0.15) is 0 Å². The molecule has 7 heteroatoms. The molecule has 0 spiro atoms. The Balaban J connectivity index is 1.71. The molecule has 0 aliphatic heterocycles. The van der Waals surface area contributed by atoms with E-state index < -0.39 is 0 Å². The molecular formula is C21H22N4O3. The minimum atomic E-state index is -0.270. The lowest BCUT2D eigenvalue weighted by atomic mass is 10.1. The summed E-state index contributed by atoms with van der Waals surface area (Å²) in [6.07, 6.45) is 5.27. The maximum absolute atomic E-state index is 12.7. The molecule has 7 nitrogen and oxygen atoms in total. The number of likely N-dealkylation sites (N-methyl/N-ethyl adjacent to an activating group) is 1. The molecule has 144 valence electrons. The predicted molar refractivity (Wildman–Crippen MR) is 105 cm³/mol. The maximum Gasteiger partial charge on any atom is 0.259 e. The summed E-state index contributed by atoms with van der Waals surface area (Å²) in [6, 6.07) is 14.7. The lowest BCUT2D eigenvalue weighted by molar-refractivity contribution is -0.130. The summed E-state index contributed by atoms with van der Waals surface area (Å²) in [5, 5.41) is 2.92. The maximum atomic E-state index is 12.7. The van der Waals surface area contributed by atoms with Gasteiger partial charge >= 0.3 is 0 Å². The zero-order chi connectivity index (χ0) is 19.9. The topological polar surface area (TPSA) is 76.5 Å². The molecule has 0 fully saturated rings. The molecule has 0 unspecified atom stereocenters. The molecule has 28 heavy (non-hydrogen) atoms. The van der Waals surface area contributed by atoms with Crippen LogP contribution in [0.5, 0.6) is 5.75 Å². The summed E-state index contributed by atoms with van der Waals surface area (Å²) >= 11 is 0. The lowest BCUT2D eigenvalue weighted by Gasteiger charge is -2.15. The van der Waals surface area contributed by atoms with E-state index in [0.29, 0.717) is 17.9 Å². The average molecular weight is 378 g/mol. The van der Waals surface area contributed by atoms with Crippen LogP contribution in [0.2, 0.25) is 0 Å². The van der Waals surface area contributed by atoms with Gasteiger partial charge in [0.2, 0.25) is 0 Å². The number of aromatic nitrogens is 2. The van der Waals surface area contributed by atoms with Crippen LogP contribution < -0.4 is 10.1 Å². The van der Waals surface area contributed by atoms with E-state index in [1.54, 1.807) is 50.9 Å². The Morgan fingerprint density at radius 2 is 1.86 bits per heavy atom. The molecule has 0 saturated carbocycles. The highest BCUT2D eigenvalue weighted by atomic mass is 16.5. The van der Waals surface area contributed by atoms with E-state index in [-0.39, 0.29) is 18.4 Å². The molecule has 0 aliphatic rings. The number of hydrogen-bond donors (Lipinski definition) is 1. The Labute approximate surface area is 163 Å². The zero-order valence-electron chi connectivity index (χ0n) is 15.8. The number of amides is 2. The number of ether oxygens (including phenoxy) is 1. The van der Waals surface area contributed by atoms with E-state index >= 15 is 0 Å². The van der Waals surface area contributed by atoms with Gasteiger partial charge < -0.3 is 19.5 Å². The van der Waals surface area contributed by atoms with Gasteiger partial charge in [0, 0.05) is 33.0 Å². The third-order valence-electron chi connectivity index (χ3n) is 4.20. The Morgan fingerprint density at radius 3 is 2.61 bits per heavy atom. The van der Waals surface area contributed by atoms with E-state index in [9.17, 15) is 9.59 Å². The summed E-state index contributed by atoms with van der Waals surface area (Å²) in [5.74, 6) is -0.0732. The highest BCUT2D eigenvalue weighted by molar-refractivity contribution is 5.97. The molecule has 1 aromatic heterocycles. The van der Waals surface area contributed by atoms with Crippen LogP contribution in [-0.2, 0) is 11.3 Å². The second kappa shape index (κ2) is 8.85. The van der Waals surface area contributed by atoms with Gasteiger partial charge in [0.05, 0.1) is 17.6 Å². The summed E-state index contributed by atoms with van der Waals surface area (Å²) in [5.41, 5.74) is 2.28. The molecular weight excluding hydrogens is 356 g/mol.